The van der Waals surface area contributed by atoms with E-state index >= 15 is 0 Å². The van der Waals surface area contributed by atoms with E-state index in [1.807, 2.05) is 0 Å². The van der Waals surface area contributed by atoms with Crippen molar-refractivity contribution in [2.45, 2.75) is 25.9 Å². The second-order valence-electron chi connectivity index (χ2n) is 4.13. The molecule has 0 amide bonds. The van der Waals surface area contributed by atoms with Gasteiger partial charge in [-0.2, -0.15) is 0 Å². The number of esters is 1. The van der Waals surface area contributed by atoms with E-state index in [0.717, 1.165) is 0 Å². The van der Waals surface area contributed by atoms with Gasteiger partial charge in [-0.1, -0.05) is 18.2 Å². The molecule has 2 N–H and O–H groups in total. The number of carboxylic acid groups (broad SMARTS) is 1. The first-order valence-corrected chi connectivity index (χ1v) is 5.05. The molecule has 0 aliphatic rings. The zero-order valence-corrected chi connectivity index (χ0v) is 9.64. The molecule has 17 heavy (non-hydrogen) atoms. The van der Waals surface area contributed by atoms with Gasteiger partial charge in [0.2, 0.25) is 0 Å². The Labute approximate surface area is 98.6 Å². The molecule has 0 fully saturated rings. The Morgan fingerprint density at radius 1 is 1.29 bits per heavy atom. The molecule has 0 radical (unpaired) electrons. The number of hydrogen-bond acceptors (Lipinski definition) is 4. The fourth-order valence-corrected chi connectivity index (χ4v) is 1.14. The van der Waals surface area contributed by atoms with E-state index < -0.39 is 17.5 Å². The molecule has 0 saturated carbocycles. The molecule has 0 bridgehead atoms. The number of hydrogen-bond donors (Lipinski definition) is 2. The van der Waals surface area contributed by atoms with Gasteiger partial charge in [0.1, 0.15) is 5.75 Å². The molecule has 1 rings (SSSR count). The Morgan fingerprint density at radius 3 is 2.41 bits per heavy atom. The number of aliphatic carboxylic acids is 1. The van der Waals surface area contributed by atoms with Gasteiger partial charge in [-0.05, 0) is 19.9 Å². The second kappa shape index (κ2) is 4.97. The maximum Gasteiger partial charge on any atom is 0.342 e. The lowest BCUT2D eigenvalue weighted by Crippen LogP contribution is -2.35. The van der Waals surface area contributed by atoms with Gasteiger partial charge in [-0.3, -0.25) is 4.79 Å². The van der Waals surface area contributed by atoms with Crippen molar-refractivity contribution in [3.8, 4) is 5.75 Å². The lowest BCUT2D eigenvalue weighted by atomic mass is 10.1. The van der Waals surface area contributed by atoms with Crippen LogP contribution in [0.5, 0.6) is 5.75 Å². The third-order valence-corrected chi connectivity index (χ3v) is 2.02. The SMILES string of the molecule is CC(C)(O)C(=O)Oc1ccccc1CC(=O)O. The molecule has 0 spiro atoms. The summed E-state index contributed by atoms with van der Waals surface area (Å²) in [5.74, 6) is -1.69. The van der Waals surface area contributed by atoms with Crippen LogP contribution in [0.4, 0.5) is 0 Å². The third kappa shape index (κ3) is 3.88. The summed E-state index contributed by atoms with van der Waals surface area (Å²) in [6.45, 7) is 2.60. The molecule has 0 aromatic heterocycles. The summed E-state index contributed by atoms with van der Waals surface area (Å²) in [7, 11) is 0. The summed E-state index contributed by atoms with van der Waals surface area (Å²) in [4.78, 5) is 22.1. The number of carbonyl (C=O) groups is 2. The van der Waals surface area contributed by atoms with E-state index in [1.165, 1.54) is 19.9 Å². The monoisotopic (exact) mass is 238 g/mol. The van der Waals surface area contributed by atoms with Gasteiger partial charge in [-0.25, -0.2) is 4.79 Å². The fourth-order valence-electron chi connectivity index (χ4n) is 1.14. The van der Waals surface area contributed by atoms with E-state index in [0.29, 0.717) is 5.56 Å². The summed E-state index contributed by atoms with van der Waals surface area (Å²) < 4.78 is 4.96. The molecular formula is C12H14O5. The average molecular weight is 238 g/mol. The Balaban J connectivity index is 2.91. The molecular weight excluding hydrogens is 224 g/mol. The quantitative estimate of drug-likeness (QED) is 0.603. The highest BCUT2D eigenvalue weighted by atomic mass is 16.6. The summed E-state index contributed by atoms with van der Waals surface area (Å²) in [6.07, 6.45) is -0.241. The first-order chi connectivity index (χ1) is 7.80. The second-order valence-corrected chi connectivity index (χ2v) is 4.13. The van der Waals surface area contributed by atoms with E-state index in [-0.39, 0.29) is 12.2 Å². The van der Waals surface area contributed by atoms with Crippen LogP contribution < -0.4 is 4.74 Å². The Kier molecular flexibility index (Phi) is 3.85. The van der Waals surface area contributed by atoms with Crippen molar-refractivity contribution in [3.63, 3.8) is 0 Å². The summed E-state index contributed by atoms with van der Waals surface area (Å²) >= 11 is 0. The van der Waals surface area contributed by atoms with E-state index in [4.69, 9.17) is 9.84 Å². The van der Waals surface area contributed by atoms with Crippen LogP contribution in [0.1, 0.15) is 19.4 Å². The molecule has 1 aromatic rings. The summed E-state index contributed by atoms with van der Waals surface area (Å²) in [5, 5.41) is 18.1. The lowest BCUT2D eigenvalue weighted by Gasteiger charge is -2.16. The van der Waals surface area contributed by atoms with Gasteiger partial charge in [0.15, 0.2) is 5.60 Å². The fraction of sp³-hybridized carbons (Fsp3) is 0.333. The number of carbonyl (C=O) groups excluding carboxylic acids is 1. The number of carboxylic acids is 1. The molecule has 1 aromatic carbocycles. The standard InChI is InChI=1S/C12H14O5/c1-12(2,16)11(15)17-9-6-4-3-5-8(9)7-10(13)14/h3-6,16H,7H2,1-2H3,(H,13,14). The van der Waals surface area contributed by atoms with Crippen LogP contribution in [0.15, 0.2) is 24.3 Å². The van der Waals surface area contributed by atoms with Crippen LogP contribution in [0, 0.1) is 0 Å². The zero-order valence-electron chi connectivity index (χ0n) is 9.64. The zero-order chi connectivity index (χ0) is 13.1. The Hall–Kier alpha value is -1.88. The number of benzene rings is 1. The molecule has 0 heterocycles. The van der Waals surface area contributed by atoms with Gasteiger partial charge in [0, 0.05) is 5.56 Å². The first-order valence-electron chi connectivity index (χ1n) is 5.05. The molecule has 92 valence electrons. The van der Waals surface area contributed by atoms with Crippen molar-refractivity contribution in [2.75, 3.05) is 0 Å². The van der Waals surface area contributed by atoms with Gasteiger partial charge < -0.3 is 14.9 Å². The van der Waals surface area contributed by atoms with Gasteiger partial charge >= 0.3 is 11.9 Å². The average Bonchev–Trinajstić information content (AvgIpc) is 2.18. The van der Waals surface area contributed by atoms with Crippen molar-refractivity contribution in [1.82, 2.24) is 0 Å². The maximum atomic E-state index is 11.5. The highest BCUT2D eigenvalue weighted by Gasteiger charge is 2.27. The van der Waals surface area contributed by atoms with Gasteiger partial charge in [-0.15, -0.1) is 0 Å². The van der Waals surface area contributed by atoms with E-state index in [2.05, 4.69) is 0 Å². The Morgan fingerprint density at radius 2 is 1.88 bits per heavy atom. The summed E-state index contributed by atoms with van der Waals surface area (Å²) in [5.41, 5.74) is -1.23. The predicted molar refractivity (Wildman–Crippen MR) is 59.7 cm³/mol. The molecule has 0 saturated heterocycles. The van der Waals surface area contributed by atoms with Gasteiger partial charge in [0.25, 0.3) is 0 Å². The van der Waals surface area contributed by atoms with Crippen molar-refractivity contribution < 1.29 is 24.5 Å². The first kappa shape index (κ1) is 13.2. The van der Waals surface area contributed by atoms with Crippen molar-refractivity contribution in [3.05, 3.63) is 29.8 Å². The molecule has 0 atom stereocenters. The highest BCUT2D eigenvalue weighted by Crippen LogP contribution is 2.20. The minimum absolute atomic E-state index is 0.155. The van der Waals surface area contributed by atoms with Crippen molar-refractivity contribution in [2.24, 2.45) is 0 Å². The smallest absolute Gasteiger partial charge is 0.342 e. The van der Waals surface area contributed by atoms with Crippen LogP contribution in [-0.4, -0.2) is 27.8 Å². The topological polar surface area (TPSA) is 83.8 Å². The van der Waals surface area contributed by atoms with Crippen molar-refractivity contribution >= 4 is 11.9 Å². The van der Waals surface area contributed by atoms with Crippen LogP contribution in [-0.2, 0) is 16.0 Å². The van der Waals surface area contributed by atoms with Crippen LogP contribution in [0.25, 0.3) is 0 Å². The van der Waals surface area contributed by atoms with Gasteiger partial charge in [0.05, 0.1) is 6.42 Å². The lowest BCUT2D eigenvalue weighted by molar-refractivity contribution is -0.151. The number of ether oxygens (including phenoxy) is 1. The largest absolute Gasteiger partial charge is 0.481 e. The van der Waals surface area contributed by atoms with Crippen LogP contribution in [0.2, 0.25) is 0 Å². The van der Waals surface area contributed by atoms with Crippen molar-refractivity contribution in [1.29, 1.82) is 0 Å². The third-order valence-electron chi connectivity index (χ3n) is 2.02. The minimum Gasteiger partial charge on any atom is -0.481 e. The molecule has 0 unspecified atom stereocenters. The summed E-state index contributed by atoms with van der Waals surface area (Å²) in [6, 6.07) is 6.32. The molecule has 5 heteroatoms. The Bertz CT molecular complexity index is 431. The van der Waals surface area contributed by atoms with E-state index in [1.54, 1.807) is 18.2 Å². The van der Waals surface area contributed by atoms with Crippen LogP contribution >= 0.6 is 0 Å². The van der Waals surface area contributed by atoms with Crippen LogP contribution in [0.3, 0.4) is 0 Å². The van der Waals surface area contributed by atoms with E-state index in [9.17, 15) is 14.7 Å². The highest BCUT2D eigenvalue weighted by molar-refractivity contribution is 5.81. The number of rotatable bonds is 4. The maximum absolute atomic E-state index is 11.5. The minimum atomic E-state index is -1.61. The predicted octanol–water partition coefficient (Wildman–Crippen LogP) is 0.990. The number of para-hydroxylation sites is 1. The normalized spacial score (nSPS) is 11.0. The molecule has 0 aliphatic carbocycles. The number of aliphatic hydroxyl groups is 1. The molecule has 0 aliphatic heterocycles. The molecule has 5 nitrogen and oxygen atoms in total.